The Morgan fingerprint density at radius 2 is 1.16 bits per heavy atom. The van der Waals surface area contributed by atoms with Gasteiger partial charge in [0.25, 0.3) is 0 Å². The summed E-state index contributed by atoms with van der Waals surface area (Å²) in [7, 11) is -5.06. The first-order valence-corrected chi connectivity index (χ1v) is 23.8. The standard InChI is InChI=1S/C43H82O12S/c1-3-5-7-9-11-13-15-16-17-18-19-20-21-22-23-25-27-29-31-33-51-35-37(53-39(45)32-30-28-26-24-14-12-10-8-6-4-2)36-52-43-41(47)42(55-56(48,49)50)40(46)38(34-44)54-43/h8,10,37-38,40-44,46-47H,3-7,9,11-36H2,1-2H3,(H,48,49,50)/b10-8-. The Morgan fingerprint density at radius 3 is 1.68 bits per heavy atom. The fraction of sp³-hybridized carbons (Fsp3) is 0.930. The molecule has 0 aromatic carbocycles. The summed E-state index contributed by atoms with van der Waals surface area (Å²) >= 11 is 0. The molecule has 0 radical (unpaired) electrons. The van der Waals surface area contributed by atoms with E-state index in [1.807, 2.05) is 0 Å². The largest absolute Gasteiger partial charge is 0.457 e. The van der Waals surface area contributed by atoms with Crippen LogP contribution < -0.4 is 0 Å². The molecular weight excluding hydrogens is 741 g/mol. The fourth-order valence-electron chi connectivity index (χ4n) is 6.97. The number of rotatable bonds is 39. The molecule has 0 amide bonds. The first-order valence-electron chi connectivity index (χ1n) is 22.4. The molecule has 1 fully saturated rings. The molecule has 12 nitrogen and oxygen atoms in total. The van der Waals surface area contributed by atoms with E-state index in [2.05, 4.69) is 30.2 Å². The highest BCUT2D eigenvalue weighted by Crippen LogP contribution is 2.26. The third kappa shape index (κ3) is 29.1. The molecule has 1 heterocycles. The number of carbonyl (C=O) groups is 1. The summed E-state index contributed by atoms with van der Waals surface area (Å²) in [5.74, 6) is -0.408. The first-order chi connectivity index (χ1) is 27.1. The Labute approximate surface area is 340 Å². The zero-order valence-electron chi connectivity index (χ0n) is 35.2. The minimum Gasteiger partial charge on any atom is -0.457 e. The van der Waals surface area contributed by atoms with E-state index in [4.69, 9.17) is 23.5 Å². The van der Waals surface area contributed by atoms with Crippen LogP contribution in [0.25, 0.3) is 0 Å². The second-order valence-electron chi connectivity index (χ2n) is 15.6. The summed E-state index contributed by atoms with van der Waals surface area (Å²) in [5, 5.41) is 30.6. The van der Waals surface area contributed by atoms with Crippen molar-refractivity contribution < 1.29 is 56.2 Å². The highest BCUT2D eigenvalue weighted by Gasteiger charge is 2.48. The van der Waals surface area contributed by atoms with Crippen molar-refractivity contribution >= 4 is 16.4 Å². The van der Waals surface area contributed by atoms with Gasteiger partial charge in [-0.15, -0.1) is 0 Å². The van der Waals surface area contributed by atoms with E-state index in [0.29, 0.717) is 13.0 Å². The Balaban J connectivity index is 2.37. The normalized spacial score (nSPS) is 20.9. The molecule has 56 heavy (non-hydrogen) atoms. The number of hydrogen-bond donors (Lipinski definition) is 4. The Kier molecular flexibility index (Phi) is 33.7. The lowest BCUT2D eigenvalue weighted by atomic mass is 9.99. The van der Waals surface area contributed by atoms with Crippen molar-refractivity contribution in [2.24, 2.45) is 0 Å². The maximum atomic E-state index is 12.8. The van der Waals surface area contributed by atoms with Gasteiger partial charge in [-0.1, -0.05) is 167 Å². The number of aliphatic hydroxyl groups is 3. The molecule has 1 saturated heterocycles. The van der Waals surface area contributed by atoms with Crippen LogP contribution in [-0.4, -0.2) is 97.5 Å². The number of hydrogen-bond acceptors (Lipinski definition) is 11. The summed E-state index contributed by atoms with van der Waals surface area (Å²) in [6.07, 6.45) is 28.3. The van der Waals surface area contributed by atoms with Crippen molar-refractivity contribution in [3.05, 3.63) is 12.2 Å². The van der Waals surface area contributed by atoms with Crippen molar-refractivity contribution in [3.8, 4) is 0 Å². The van der Waals surface area contributed by atoms with Crippen LogP contribution in [0.1, 0.15) is 194 Å². The van der Waals surface area contributed by atoms with Crippen LogP contribution in [0, 0.1) is 0 Å². The zero-order valence-corrected chi connectivity index (χ0v) is 36.0. The van der Waals surface area contributed by atoms with E-state index in [1.54, 1.807) is 0 Å². The van der Waals surface area contributed by atoms with Crippen LogP contribution in [-0.2, 0) is 38.3 Å². The van der Waals surface area contributed by atoms with Gasteiger partial charge in [0.05, 0.1) is 19.8 Å². The SMILES string of the molecule is CCC/C=C\CCCCCCCC(=O)OC(COCCCCCCCCCCCCCCCCCCCCC)COC1OC(CO)C(O)C(OS(=O)(=O)O)C1O. The molecule has 0 spiro atoms. The van der Waals surface area contributed by atoms with Gasteiger partial charge in [-0.25, -0.2) is 4.18 Å². The summed E-state index contributed by atoms with van der Waals surface area (Å²) < 4.78 is 58.9. The molecule has 1 aliphatic heterocycles. The minimum atomic E-state index is -5.06. The highest BCUT2D eigenvalue weighted by molar-refractivity contribution is 7.80. The molecular formula is C43H82O12S. The molecule has 0 aliphatic carbocycles. The van der Waals surface area contributed by atoms with Crippen LogP contribution in [0.3, 0.4) is 0 Å². The number of carbonyl (C=O) groups excluding carboxylic acids is 1. The number of unbranched alkanes of at least 4 members (excludes halogenated alkanes) is 24. The van der Waals surface area contributed by atoms with Gasteiger partial charge in [0, 0.05) is 13.0 Å². The first kappa shape index (κ1) is 52.9. The fourth-order valence-corrected chi connectivity index (χ4v) is 7.48. The molecule has 6 unspecified atom stereocenters. The van der Waals surface area contributed by atoms with Crippen molar-refractivity contribution in [2.45, 2.75) is 230 Å². The average molecular weight is 823 g/mol. The van der Waals surface area contributed by atoms with Gasteiger partial charge in [-0.2, -0.15) is 8.42 Å². The van der Waals surface area contributed by atoms with Crippen molar-refractivity contribution in [2.75, 3.05) is 26.4 Å². The Morgan fingerprint density at radius 1 is 0.661 bits per heavy atom. The van der Waals surface area contributed by atoms with Gasteiger partial charge in [-0.05, 0) is 32.1 Å². The summed E-state index contributed by atoms with van der Waals surface area (Å²) in [5.41, 5.74) is 0. The third-order valence-electron chi connectivity index (χ3n) is 10.4. The monoisotopic (exact) mass is 823 g/mol. The van der Waals surface area contributed by atoms with Crippen LogP contribution in [0.15, 0.2) is 12.2 Å². The number of allylic oxidation sites excluding steroid dienone is 2. The predicted octanol–water partition coefficient (Wildman–Crippen LogP) is 9.08. The molecule has 1 rings (SSSR count). The minimum absolute atomic E-state index is 0.0379. The summed E-state index contributed by atoms with van der Waals surface area (Å²) in [6, 6.07) is 0. The smallest absolute Gasteiger partial charge is 0.397 e. The molecule has 0 bridgehead atoms. The lowest BCUT2D eigenvalue weighted by molar-refractivity contribution is -0.301. The lowest BCUT2D eigenvalue weighted by Gasteiger charge is -2.41. The average Bonchev–Trinajstić information content (AvgIpc) is 3.17. The highest BCUT2D eigenvalue weighted by atomic mass is 32.3. The van der Waals surface area contributed by atoms with E-state index in [-0.39, 0.29) is 19.6 Å². The molecule has 4 N–H and O–H groups in total. The van der Waals surface area contributed by atoms with E-state index >= 15 is 0 Å². The summed E-state index contributed by atoms with van der Waals surface area (Å²) in [6.45, 7) is 3.93. The van der Waals surface area contributed by atoms with Crippen LogP contribution in [0.2, 0.25) is 0 Å². The maximum Gasteiger partial charge on any atom is 0.397 e. The van der Waals surface area contributed by atoms with E-state index in [1.165, 1.54) is 103 Å². The van der Waals surface area contributed by atoms with Crippen molar-refractivity contribution in [1.82, 2.24) is 0 Å². The van der Waals surface area contributed by atoms with Crippen molar-refractivity contribution in [3.63, 3.8) is 0 Å². The molecule has 6 atom stereocenters. The molecule has 0 saturated carbocycles. The molecule has 332 valence electrons. The van der Waals surface area contributed by atoms with Gasteiger partial charge in [0.1, 0.15) is 30.5 Å². The second-order valence-corrected chi connectivity index (χ2v) is 16.7. The number of aliphatic hydroxyl groups excluding tert-OH is 3. The van der Waals surface area contributed by atoms with Crippen molar-refractivity contribution in [1.29, 1.82) is 0 Å². The Bertz CT molecular complexity index is 1040. The van der Waals surface area contributed by atoms with Gasteiger partial charge in [-0.3, -0.25) is 9.35 Å². The quantitative estimate of drug-likeness (QED) is 0.0200. The van der Waals surface area contributed by atoms with Gasteiger partial charge in [0.2, 0.25) is 0 Å². The number of ether oxygens (including phenoxy) is 4. The van der Waals surface area contributed by atoms with E-state index in [0.717, 1.165) is 64.2 Å². The Hall–Kier alpha value is -1.16. The lowest BCUT2D eigenvalue weighted by Crippen LogP contribution is -2.60. The number of esters is 1. The molecule has 13 heteroatoms. The molecule has 1 aliphatic rings. The molecule has 0 aromatic rings. The zero-order chi connectivity index (χ0) is 41.1. The van der Waals surface area contributed by atoms with Gasteiger partial charge >= 0.3 is 16.4 Å². The van der Waals surface area contributed by atoms with Gasteiger partial charge < -0.3 is 34.3 Å². The molecule has 0 aromatic heterocycles. The second kappa shape index (κ2) is 35.8. The maximum absolute atomic E-state index is 12.8. The third-order valence-corrected chi connectivity index (χ3v) is 10.8. The summed E-state index contributed by atoms with van der Waals surface area (Å²) in [4.78, 5) is 12.8. The van der Waals surface area contributed by atoms with Gasteiger partial charge in [0.15, 0.2) is 6.29 Å². The van der Waals surface area contributed by atoms with Crippen LogP contribution >= 0.6 is 0 Å². The van der Waals surface area contributed by atoms with E-state index < -0.39 is 59.8 Å². The topological polar surface area (TPSA) is 178 Å². The van der Waals surface area contributed by atoms with Crippen LogP contribution in [0.5, 0.6) is 0 Å². The van der Waals surface area contributed by atoms with Crippen LogP contribution in [0.4, 0.5) is 0 Å². The predicted molar refractivity (Wildman–Crippen MR) is 221 cm³/mol. The van der Waals surface area contributed by atoms with E-state index in [9.17, 15) is 28.5 Å².